The number of halogens is 1. The van der Waals surface area contributed by atoms with Crippen LogP contribution in [0.2, 0.25) is 0 Å². The predicted octanol–water partition coefficient (Wildman–Crippen LogP) is 19.1. The lowest BCUT2D eigenvalue weighted by atomic mass is 9.95. The van der Waals surface area contributed by atoms with Crippen molar-refractivity contribution < 1.29 is 0 Å². The molecule has 332 valence electrons. The van der Waals surface area contributed by atoms with Crippen LogP contribution in [0.1, 0.15) is 23.6 Å². The summed E-state index contributed by atoms with van der Waals surface area (Å²) in [5.41, 5.74) is 16.1. The van der Waals surface area contributed by atoms with Crippen LogP contribution in [-0.2, 0) is 0 Å². The highest BCUT2D eigenvalue weighted by Gasteiger charge is 2.25. The van der Waals surface area contributed by atoms with Gasteiger partial charge in [0.1, 0.15) is 0 Å². The van der Waals surface area contributed by atoms with Gasteiger partial charge >= 0.3 is 0 Å². The summed E-state index contributed by atoms with van der Waals surface area (Å²) in [6.07, 6.45) is 13.3. The van der Waals surface area contributed by atoms with Crippen molar-refractivity contribution in [2.24, 2.45) is 0 Å². The zero-order valence-corrected chi connectivity index (χ0v) is 40.7. The number of benzene rings is 10. The molecule has 10 aromatic rings. The van der Waals surface area contributed by atoms with Crippen molar-refractivity contribution in [3.8, 4) is 22.3 Å². The van der Waals surface area contributed by atoms with E-state index in [-0.39, 0.29) is 0 Å². The molecular weight excluding hydrogens is 948 g/mol. The van der Waals surface area contributed by atoms with Crippen LogP contribution in [0.3, 0.4) is 0 Å². The second-order valence-electron chi connectivity index (χ2n) is 17.0. The minimum absolute atomic E-state index is 0.879. The predicted molar refractivity (Wildman–Crippen MR) is 307 cm³/mol. The molecule has 69 heavy (non-hydrogen) atoms. The Kier molecular flexibility index (Phi) is 13.8. The number of rotatable bonds is 14. The van der Waals surface area contributed by atoms with Crippen LogP contribution in [0.4, 0.5) is 28.4 Å². The summed E-state index contributed by atoms with van der Waals surface area (Å²) in [4.78, 5) is 4.91. The van der Waals surface area contributed by atoms with Crippen molar-refractivity contribution in [2.75, 3.05) is 14.2 Å². The number of nitrogens with zero attached hydrogens (tertiary/aromatic N) is 2. The van der Waals surface area contributed by atoms with Gasteiger partial charge in [0.25, 0.3) is 0 Å². The van der Waals surface area contributed by atoms with Crippen LogP contribution in [-0.4, -0.2) is 4.43 Å². The third kappa shape index (κ3) is 10.2. The summed E-state index contributed by atoms with van der Waals surface area (Å²) in [5, 5.41) is 4.61. The molecule has 0 heterocycles. The maximum atomic E-state index is 2.47. The first-order valence-corrected chi connectivity index (χ1v) is 25.0. The Morgan fingerprint density at radius 1 is 0.362 bits per heavy atom. The van der Waals surface area contributed by atoms with Gasteiger partial charge in [-0.05, 0) is 93.9 Å². The minimum atomic E-state index is 0.879. The number of hydrogen-bond acceptors (Lipinski definition) is 2. The molecule has 10 rings (SSSR count). The van der Waals surface area contributed by atoms with E-state index in [4.69, 9.17) is 0 Å². The van der Waals surface area contributed by atoms with Crippen LogP contribution in [0.5, 0.6) is 0 Å². The van der Waals surface area contributed by atoms with Gasteiger partial charge in [-0.2, -0.15) is 0 Å². The Balaban J connectivity index is 1.16. The Morgan fingerprint density at radius 3 is 1.19 bits per heavy atom. The minimum Gasteiger partial charge on any atom is -0.313 e. The fraction of sp³-hybridized carbons (Fsp3) is 0.0303. The van der Waals surface area contributed by atoms with E-state index in [2.05, 4.69) is 318 Å². The molecule has 3 heteroatoms. The van der Waals surface area contributed by atoms with Crippen molar-refractivity contribution in [3.63, 3.8) is 0 Å². The molecule has 0 saturated carbocycles. The summed E-state index contributed by atoms with van der Waals surface area (Å²) >= 11 is 2.47. The van der Waals surface area contributed by atoms with Gasteiger partial charge in [0.05, 0.1) is 11.4 Å². The summed E-state index contributed by atoms with van der Waals surface area (Å²) in [6.45, 7) is 2.24. The first-order valence-electron chi connectivity index (χ1n) is 23.5. The van der Waals surface area contributed by atoms with E-state index in [1.54, 1.807) is 0 Å². The van der Waals surface area contributed by atoms with Crippen LogP contribution in [0.15, 0.2) is 272 Å². The summed E-state index contributed by atoms with van der Waals surface area (Å²) in [7, 11) is 0. The molecule has 0 unspecified atom stereocenters. The molecule has 0 amide bonds. The van der Waals surface area contributed by atoms with Gasteiger partial charge in [-0.25, -0.2) is 0 Å². The molecule has 0 spiro atoms. The molecule has 10 aromatic carbocycles. The zero-order valence-electron chi connectivity index (χ0n) is 38.5. The highest BCUT2D eigenvalue weighted by atomic mass is 127. The quantitative estimate of drug-likeness (QED) is 0.0267. The number of allylic oxidation sites excluding steroid dienone is 5. The normalized spacial score (nSPS) is 12.0. The summed E-state index contributed by atoms with van der Waals surface area (Å²) in [6, 6.07) is 87.1. The Labute approximate surface area is 420 Å². The lowest BCUT2D eigenvalue weighted by Crippen LogP contribution is -2.17. The average Bonchev–Trinajstić information content (AvgIpc) is 3.42. The van der Waals surface area contributed by atoms with Crippen molar-refractivity contribution in [1.29, 1.82) is 0 Å². The smallest absolute Gasteiger partial charge is 0.0619 e. The van der Waals surface area contributed by atoms with E-state index in [0.29, 0.717) is 0 Å². The third-order valence-corrected chi connectivity index (χ3v) is 13.4. The maximum absolute atomic E-state index is 2.47. The monoisotopic (exact) mass is 998 g/mol. The van der Waals surface area contributed by atoms with Crippen LogP contribution < -0.4 is 9.80 Å². The van der Waals surface area contributed by atoms with Gasteiger partial charge in [-0.15, -0.1) is 0 Å². The molecule has 0 N–H and O–H groups in total. The molecule has 0 atom stereocenters. The van der Waals surface area contributed by atoms with Crippen molar-refractivity contribution in [2.45, 2.75) is 6.92 Å². The largest absolute Gasteiger partial charge is 0.313 e. The van der Waals surface area contributed by atoms with Gasteiger partial charge < -0.3 is 9.80 Å². The van der Waals surface area contributed by atoms with E-state index in [9.17, 15) is 0 Å². The van der Waals surface area contributed by atoms with Crippen molar-refractivity contribution >= 4 is 90.8 Å². The van der Waals surface area contributed by atoms with Gasteiger partial charge in [0, 0.05) is 48.7 Å². The van der Waals surface area contributed by atoms with Crippen LogP contribution in [0.25, 0.3) is 62.0 Å². The Morgan fingerprint density at radius 2 is 0.725 bits per heavy atom. The first-order chi connectivity index (χ1) is 34.1. The number of fused-ring (bicyclic) bond motifs is 2. The zero-order chi connectivity index (χ0) is 46.8. The SMILES string of the molecule is C\C(=C/C=C(/C=C/c1ccccc1)CI)N(c1ccc(-c2ccccc2)cc1)c1c2ccccc2c(N(c2ccc(/C=C/c3ccccc3)cc2)c2ccc(-c3ccccc3)cc2)c2ccccc12. The van der Waals surface area contributed by atoms with Gasteiger partial charge in [-0.1, -0.05) is 259 Å². The number of anilines is 5. The Hall–Kier alpha value is -7.99. The highest BCUT2D eigenvalue weighted by Crippen LogP contribution is 2.50. The number of hydrogen-bond donors (Lipinski definition) is 0. The second-order valence-corrected chi connectivity index (χ2v) is 17.8. The Bertz CT molecular complexity index is 3370. The highest BCUT2D eigenvalue weighted by molar-refractivity contribution is 14.1. The van der Waals surface area contributed by atoms with E-state index in [1.807, 2.05) is 0 Å². The van der Waals surface area contributed by atoms with E-state index in [0.717, 1.165) is 65.7 Å². The lowest BCUT2D eigenvalue weighted by molar-refractivity contribution is 1.17. The molecule has 0 bridgehead atoms. The fourth-order valence-corrected chi connectivity index (χ4v) is 9.56. The topological polar surface area (TPSA) is 6.48 Å². The van der Waals surface area contributed by atoms with Crippen molar-refractivity contribution in [3.05, 3.63) is 289 Å². The van der Waals surface area contributed by atoms with E-state index >= 15 is 0 Å². The third-order valence-electron chi connectivity index (χ3n) is 12.5. The second kappa shape index (κ2) is 21.3. The lowest BCUT2D eigenvalue weighted by Gasteiger charge is -2.33. The molecule has 2 nitrogen and oxygen atoms in total. The molecule has 0 aromatic heterocycles. The van der Waals surface area contributed by atoms with Crippen LogP contribution in [0, 0.1) is 0 Å². The molecule has 0 aliphatic rings. The van der Waals surface area contributed by atoms with E-state index in [1.165, 1.54) is 39.0 Å². The molecule has 0 aliphatic carbocycles. The van der Waals surface area contributed by atoms with Gasteiger partial charge in [0.2, 0.25) is 0 Å². The fourth-order valence-electron chi connectivity index (χ4n) is 9.05. The molecule has 0 fully saturated rings. The van der Waals surface area contributed by atoms with Gasteiger partial charge in [0.15, 0.2) is 0 Å². The standard InChI is InChI=1S/C66H51IN2/c1-49(30-31-53(48-67)35-34-51-20-8-3-9-21-51)68(58-44-38-56(39-45-58)54-22-10-4-11-23-54)65-61-26-14-16-28-63(61)66(64-29-17-15-27-62(64)65)69(60-46-40-57(41-47-60)55-24-12-5-13-25-55)59-42-36-52(37-43-59)33-32-50-18-6-2-7-19-50/h2-47H,48H2,1H3/b33-32+,35-34+,49-30+,53-31-. The van der Waals surface area contributed by atoms with Gasteiger partial charge in [-0.3, -0.25) is 0 Å². The molecule has 0 aliphatic heterocycles. The molecular formula is C66H51IN2. The summed E-state index contributed by atoms with van der Waals surface area (Å²) in [5.74, 6) is 0. The average molecular weight is 999 g/mol. The van der Waals surface area contributed by atoms with Crippen LogP contribution >= 0.6 is 22.6 Å². The molecule has 0 saturated heterocycles. The maximum Gasteiger partial charge on any atom is 0.0619 e. The van der Waals surface area contributed by atoms with E-state index < -0.39 is 0 Å². The van der Waals surface area contributed by atoms with Crippen molar-refractivity contribution in [1.82, 2.24) is 0 Å². The number of alkyl halides is 1. The summed E-state index contributed by atoms with van der Waals surface area (Å²) < 4.78 is 0.879. The molecule has 0 radical (unpaired) electrons. The first kappa shape index (κ1) is 44.8.